The average Bonchev–Trinajstić information content (AvgIpc) is 3.50. The van der Waals surface area contributed by atoms with Crippen LogP contribution in [0.2, 0.25) is 0 Å². The Morgan fingerprint density at radius 2 is 2.03 bits per heavy atom. The molecule has 6 nitrogen and oxygen atoms in total. The predicted octanol–water partition coefficient (Wildman–Crippen LogP) is 3.91. The van der Waals surface area contributed by atoms with E-state index < -0.39 is 6.04 Å². The van der Waals surface area contributed by atoms with Crippen molar-refractivity contribution in [3.05, 3.63) is 77.7 Å². The number of hydrogen-bond acceptors (Lipinski definition) is 6. The Kier molecular flexibility index (Phi) is 4.19. The standard InChI is InChI=1S/C22H14N4O2S/c23-12-16-8-9-19(29-16)20-21-25-17(11-15-7-4-10-28-15)22(27)26(21)13-18(24-20)14-5-2-1-3-6-14/h1-10,13,17H,11H2/p+1. The normalized spacial score (nSPS) is 15.0. The molecule has 1 aliphatic rings. The van der Waals surface area contributed by atoms with E-state index in [2.05, 4.69) is 11.4 Å². The van der Waals surface area contributed by atoms with Gasteiger partial charge in [0.15, 0.2) is 5.69 Å². The quantitative estimate of drug-likeness (QED) is 0.526. The van der Waals surface area contributed by atoms with Gasteiger partial charge in [0.05, 0.1) is 17.6 Å². The molecule has 1 aromatic carbocycles. The number of aromatic nitrogens is 2. The molecular weight excluding hydrogens is 384 g/mol. The molecule has 0 saturated heterocycles. The number of nitrogens with one attached hydrogen (secondary N) is 1. The zero-order chi connectivity index (χ0) is 19.8. The molecule has 5 rings (SSSR count). The van der Waals surface area contributed by atoms with Crippen molar-refractivity contribution < 1.29 is 13.8 Å². The van der Waals surface area contributed by atoms with E-state index in [9.17, 15) is 10.1 Å². The highest BCUT2D eigenvalue weighted by atomic mass is 32.1. The zero-order valence-corrected chi connectivity index (χ0v) is 16.0. The van der Waals surface area contributed by atoms with Gasteiger partial charge in [-0.05, 0) is 24.3 Å². The number of fused-ring (bicyclic) bond motifs is 1. The Hall–Kier alpha value is -3.76. The van der Waals surface area contributed by atoms with Crippen LogP contribution in [0.5, 0.6) is 0 Å². The second-order valence-corrected chi connectivity index (χ2v) is 7.74. The molecule has 0 radical (unpaired) electrons. The van der Waals surface area contributed by atoms with E-state index in [0.717, 1.165) is 16.2 Å². The van der Waals surface area contributed by atoms with Crippen LogP contribution >= 0.6 is 11.3 Å². The molecule has 0 saturated carbocycles. The average molecular weight is 399 g/mol. The number of anilines is 1. The third-order valence-electron chi connectivity index (χ3n) is 4.80. The van der Waals surface area contributed by atoms with Gasteiger partial charge in [0.2, 0.25) is 6.04 Å². The molecule has 1 atom stereocenters. The Balaban J connectivity index is 1.63. The van der Waals surface area contributed by atoms with Crippen molar-refractivity contribution in [3.63, 3.8) is 0 Å². The Morgan fingerprint density at radius 3 is 2.76 bits per heavy atom. The zero-order valence-electron chi connectivity index (χ0n) is 15.2. The molecular formula is C22H15N4O2S+. The van der Waals surface area contributed by atoms with Crippen molar-refractivity contribution in [3.8, 4) is 27.9 Å². The van der Waals surface area contributed by atoms with Crippen LogP contribution in [0, 0.1) is 11.3 Å². The van der Waals surface area contributed by atoms with Gasteiger partial charge in [0.1, 0.15) is 28.6 Å². The van der Waals surface area contributed by atoms with E-state index >= 15 is 0 Å². The highest BCUT2D eigenvalue weighted by Crippen LogP contribution is 2.34. The van der Waals surface area contributed by atoms with Crippen molar-refractivity contribution in [2.24, 2.45) is 0 Å². The van der Waals surface area contributed by atoms with Gasteiger partial charge in [-0.25, -0.2) is 9.78 Å². The van der Waals surface area contributed by atoms with Crippen LogP contribution in [0.4, 0.5) is 5.82 Å². The first-order chi connectivity index (χ1) is 14.2. The molecule has 1 unspecified atom stereocenters. The summed E-state index contributed by atoms with van der Waals surface area (Å²) < 4.78 is 7.05. The van der Waals surface area contributed by atoms with Gasteiger partial charge in [0.25, 0.3) is 0 Å². The van der Waals surface area contributed by atoms with Gasteiger partial charge in [-0.3, -0.25) is 5.32 Å². The summed E-state index contributed by atoms with van der Waals surface area (Å²) in [6.45, 7) is 0. The van der Waals surface area contributed by atoms with Crippen molar-refractivity contribution in [2.45, 2.75) is 12.5 Å². The summed E-state index contributed by atoms with van der Waals surface area (Å²) in [7, 11) is 0. The second-order valence-electron chi connectivity index (χ2n) is 6.65. The Labute approximate surface area is 170 Å². The number of benzene rings is 1. The van der Waals surface area contributed by atoms with E-state index in [-0.39, 0.29) is 5.91 Å². The fourth-order valence-electron chi connectivity index (χ4n) is 3.42. The third-order valence-corrected chi connectivity index (χ3v) is 5.80. The third kappa shape index (κ3) is 3.10. The summed E-state index contributed by atoms with van der Waals surface area (Å²) >= 11 is 1.36. The molecule has 7 heteroatoms. The van der Waals surface area contributed by atoms with E-state index in [1.165, 1.54) is 11.3 Å². The molecule has 0 fully saturated rings. The van der Waals surface area contributed by atoms with E-state index in [1.807, 2.05) is 48.5 Å². The van der Waals surface area contributed by atoms with E-state index in [1.54, 1.807) is 23.1 Å². The highest BCUT2D eigenvalue weighted by molar-refractivity contribution is 7.16. The fraction of sp³-hybridized carbons (Fsp3) is 0.0909. The first-order valence-corrected chi connectivity index (χ1v) is 9.90. The number of carbonyl (C=O) groups is 1. The molecule has 4 aromatic rings. The van der Waals surface area contributed by atoms with Gasteiger partial charge in [-0.2, -0.15) is 9.83 Å². The Morgan fingerprint density at radius 1 is 1.17 bits per heavy atom. The number of nitriles is 1. The topological polar surface area (TPSA) is 82.8 Å². The minimum Gasteiger partial charge on any atom is -0.469 e. The van der Waals surface area contributed by atoms with Crippen LogP contribution < -0.4 is 9.88 Å². The van der Waals surface area contributed by atoms with Crippen molar-refractivity contribution in [1.29, 1.82) is 5.26 Å². The summed E-state index contributed by atoms with van der Waals surface area (Å²) in [4.78, 5) is 19.4. The molecule has 140 valence electrons. The van der Waals surface area contributed by atoms with Gasteiger partial charge >= 0.3 is 11.7 Å². The van der Waals surface area contributed by atoms with Crippen molar-refractivity contribution >= 4 is 23.1 Å². The molecule has 3 aromatic heterocycles. The molecule has 29 heavy (non-hydrogen) atoms. The number of hydrogen-bond donors (Lipinski definition) is 1. The molecule has 0 spiro atoms. The maximum absolute atomic E-state index is 13.1. The van der Waals surface area contributed by atoms with Crippen LogP contribution in [-0.4, -0.2) is 16.9 Å². The summed E-state index contributed by atoms with van der Waals surface area (Å²) in [5, 5.41) is 12.5. The first kappa shape index (κ1) is 17.3. The molecule has 1 aliphatic heterocycles. The fourth-order valence-corrected chi connectivity index (χ4v) is 4.22. The van der Waals surface area contributed by atoms with Crippen LogP contribution in [0.25, 0.3) is 21.8 Å². The summed E-state index contributed by atoms with van der Waals surface area (Å²) in [6, 6.07) is 18.8. The largest absolute Gasteiger partial charge is 0.469 e. The lowest BCUT2D eigenvalue weighted by molar-refractivity contribution is -0.551. The number of thiophene rings is 1. The number of nitrogens with zero attached hydrogens (tertiary/aromatic N) is 3. The summed E-state index contributed by atoms with van der Waals surface area (Å²) in [6.07, 6.45) is 3.82. The SMILES string of the molecule is N#Cc1ccc(-c2nc(-c3ccccc3)c[n+]3c2NC(Cc2ccco2)C3=O)s1. The first-order valence-electron chi connectivity index (χ1n) is 9.08. The maximum atomic E-state index is 13.1. The van der Waals surface area contributed by atoms with Crippen LogP contribution in [0.15, 0.2) is 71.5 Å². The van der Waals surface area contributed by atoms with Crippen LogP contribution in [-0.2, 0) is 6.42 Å². The lowest BCUT2D eigenvalue weighted by Gasteiger charge is -2.05. The van der Waals surface area contributed by atoms with Gasteiger partial charge in [-0.15, -0.1) is 11.3 Å². The highest BCUT2D eigenvalue weighted by Gasteiger charge is 2.42. The number of carbonyl (C=O) groups excluding carboxylic acids is 1. The summed E-state index contributed by atoms with van der Waals surface area (Å²) in [5.74, 6) is 1.32. The molecule has 4 heterocycles. The lowest BCUT2D eigenvalue weighted by atomic mass is 10.1. The number of rotatable bonds is 4. The predicted molar refractivity (Wildman–Crippen MR) is 108 cm³/mol. The van der Waals surface area contributed by atoms with Crippen LogP contribution in [0.1, 0.15) is 15.4 Å². The second kappa shape index (κ2) is 7.00. The van der Waals surface area contributed by atoms with E-state index in [0.29, 0.717) is 28.5 Å². The van der Waals surface area contributed by atoms with Crippen molar-refractivity contribution in [1.82, 2.24) is 4.98 Å². The van der Waals surface area contributed by atoms with Gasteiger partial charge in [0, 0.05) is 5.56 Å². The minimum atomic E-state index is -0.442. The smallest absolute Gasteiger partial charge is 0.359 e. The molecule has 0 aliphatic carbocycles. The molecule has 0 bridgehead atoms. The lowest BCUT2D eigenvalue weighted by Crippen LogP contribution is -2.43. The monoisotopic (exact) mass is 399 g/mol. The summed E-state index contributed by atoms with van der Waals surface area (Å²) in [5.41, 5.74) is 2.28. The van der Waals surface area contributed by atoms with Crippen molar-refractivity contribution in [2.75, 3.05) is 5.32 Å². The number of furan rings is 1. The van der Waals surface area contributed by atoms with Gasteiger partial charge in [-0.1, -0.05) is 30.3 Å². The van der Waals surface area contributed by atoms with E-state index in [4.69, 9.17) is 9.40 Å². The maximum Gasteiger partial charge on any atom is 0.359 e. The van der Waals surface area contributed by atoms with Crippen LogP contribution in [0.3, 0.4) is 0 Å². The molecule has 0 amide bonds. The minimum absolute atomic E-state index is 0.0608. The molecule has 1 N–H and O–H groups in total. The van der Waals surface area contributed by atoms with Gasteiger partial charge < -0.3 is 4.42 Å². The Bertz CT molecular complexity index is 1240.